The molecular weight excluding hydrogens is 404 g/mol. The van der Waals surface area contributed by atoms with Gasteiger partial charge in [-0.1, -0.05) is 12.1 Å². The molecule has 1 atom stereocenters. The molecule has 1 aliphatic heterocycles. The predicted octanol–water partition coefficient (Wildman–Crippen LogP) is 3.19. The summed E-state index contributed by atoms with van der Waals surface area (Å²) in [6.45, 7) is 5.87. The summed E-state index contributed by atoms with van der Waals surface area (Å²) < 4.78 is 31.5. The van der Waals surface area contributed by atoms with Gasteiger partial charge in [-0.25, -0.2) is 8.42 Å². The highest BCUT2D eigenvalue weighted by Crippen LogP contribution is 2.32. The molecule has 30 heavy (non-hydrogen) atoms. The van der Waals surface area contributed by atoms with Gasteiger partial charge in [0.25, 0.3) is 0 Å². The molecule has 1 aliphatic rings. The third-order valence-electron chi connectivity index (χ3n) is 5.12. The number of benzene rings is 2. The maximum absolute atomic E-state index is 13.0. The molecule has 3 rings (SSSR count). The molecule has 0 bridgehead atoms. The van der Waals surface area contributed by atoms with E-state index in [1.807, 2.05) is 6.92 Å². The van der Waals surface area contributed by atoms with E-state index in [1.54, 1.807) is 41.3 Å². The summed E-state index contributed by atoms with van der Waals surface area (Å²) >= 11 is 0. The van der Waals surface area contributed by atoms with Crippen LogP contribution in [0.2, 0.25) is 0 Å². The lowest BCUT2D eigenvalue weighted by atomic mass is 10.2. The molecule has 160 valence electrons. The van der Waals surface area contributed by atoms with E-state index in [0.29, 0.717) is 31.0 Å². The van der Waals surface area contributed by atoms with Gasteiger partial charge >= 0.3 is 0 Å². The molecule has 2 aromatic rings. The Balaban J connectivity index is 1.73. The van der Waals surface area contributed by atoms with Crippen LogP contribution in [0.3, 0.4) is 0 Å². The zero-order valence-corrected chi connectivity index (χ0v) is 18.2. The van der Waals surface area contributed by atoms with E-state index in [9.17, 15) is 18.0 Å². The summed E-state index contributed by atoms with van der Waals surface area (Å²) in [5.41, 5.74) is 2.09. The van der Waals surface area contributed by atoms with Crippen molar-refractivity contribution in [3.63, 3.8) is 0 Å². The molecular formula is C22H26N2O5S. The van der Waals surface area contributed by atoms with Crippen LogP contribution in [-0.2, 0) is 25.8 Å². The van der Waals surface area contributed by atoms with Crippen molar-refractivity contribution >= 4 is 33.0 Å². The summed E-state index contributed by atoms with van der Waals surface area (Å²) in [5, 5.41) is 1.83. The van der Waals surface area contributed by atoms with Crippen LogP contribution in [0.5, 0.6) is 5.75 Å². The third-order valence-corrected chi connectivity index (χ3v) is 7.26. The van der Waals surface area contributed by atoms with Crippen LogP contribution < -0.4 is 15.0 Å². The first-order valence-electron chi connectivity index (χ1n) is 9.90. The molecule has 2 aromatic carbocycles. The Morgan fingerprint density at radius 1 is 1.20 bits per heavy atom. The Labute approximate surface area is 177 Å². The molecule has 1 unspecified atom stereocenters. The van der Waals surface area contributed by atoms with Crippen molar-refractivity contribution in [2.45, 2.75) is 43.8 Å². The molecule has 0 spiro atoms. The van der Waals surface area contributed by atoms with Gasteiger partial charge in [0.15, 0.2) is 9.84 Å². The average molecular weight is 431 g/mol. The number of fused-ring (bicyclic) bond motifs is 1. The Kier molecular flexibility index (Phi) is 6.45. The van der Waals surface area contributed by atoms with Gasteiger partial charge in [-0.05, 0) is 56.2 Å². The maximum atomic E-state index is 13.0. The molecule has 1 heterocycles. The lowest BCUT2D eigenvalue weighted by Crippen LogP contribution is -2.26. The second-order valence-electron chi connectivity index (χ2n) is 7.25. The van der Waals surface area contributed by atoms with Crippen molar-refractivity contribution in [2.75, 3.05) is 23.4 Å². The quantitative estimate of drug-likeness (QED) is 0.728. The lowest BCUT2D eigenvalue weighted by Gasteiger charge is -2.17. The molecule has 0 saturated carbocycles. The van der Waals surface area contributed by atoms with Gasteiger partial charge in [0.05, 0.1) is 22.4 Å². The minimum absolute atomic E-state index is 0.0678. The number of sulfone groups is 1. The summed E-state index contributed by atoms with van der Waals surface area (Å²) in [4.78, 5) is 26.0. The van der Waals surface area contributed by atoms with Crippen LogP contribution in [0.15, 0.2) is 47.4 Å². The van der Waals surface area contributed by atoms with Gasteiger partial charge in [-0.15, -0.1) is 0 Å². The highest BCUT2D eigenvalue weighted by Gasteiger charge is 2.29. The first-order chi connectivity index (χ1) is 14.2. The van der Waals surface area contributed by atoms with Gasteiger partial charge in [-0.3, -0.25) is 9.59 Å². The molecule has 0 radical (unpaired) electrons. The molecule has 0 aromatic heterocycles. The van der Waals surface area contributed by atoms with Gasteiger partial charge in [0.1, 0.15) is 5.75 Å². The molecule has 1 N–H and O–H groups in total. The number of hydrogen-bond donors (Lipinski definition) is 1. The van der Waals surface area contributed by atoms with E-state index in [1.165, 1.54) is 19.9 Å². The minimum atomic E-state index is -3.70. The SMILES string of the molecule is CCOc1ccccc1NC(=O)CC(C)S(=O)(=O)c1ccc2c(c1)CCN2C(C)=O. The number of carbonyl (C=O) groups excluding carboxylic acids is 2. The molecule has 7 nitrogen and oxygen atoms in total. The number of nitrogens with zero attached hydrogens (tertiary/aromatic N) is 1. The molecule has 0 saturated heterocycles. The fourth-order valence-electron chi connectivity index (χ4n) is 3.54. The fourth-order valence-corrected chi connectivity index (χ4v) is 4.94. The normalized spacial score (nSPS) is 14.2. The largest absolute Gasteiger partial charge is 0.492 e. The molecule has 0 fully saturated rings. The maximum Gasteiger partial charge on any atom is 0.225 e. The number of ether oxygens (including phenoxy) is 1. The fraction of sp³-hybridized carbons (Fsp3) is 0.364. The van der Waals surface area contributed by atoms with Crippen LogP contribution >= 0.6 is 0 Å². The zero-order valence-electron chi connectivity index (χ0n) is 17.3. The number of nitrogens with one attached hydrogen (secondary N) is 1. The predicted molar refractivity (Wildman–Crippen MR) is 116 cm³/mol. The van der Waals surface area contributed by atoms with Crippen molar-refractivity contribution in [3.8, 4) is 5.75 Å². The van der Waals surface area contributed by atoms with Crippen LogP contribution in [-0.4, -0.2) is 38.6 Å². The van der Waals surface area contributed by atoms with Crippen molar-refractivity contribution in [3.05, 3.63) is 48.0 Å². The van der Waals surface area contributed by atoms with Gasteiger partial charge in [0, 0.05) is 25.6 Å². The number of hydrogen-bond acceptors (Lipinski definition) is 5. The molecule has 8 heteroatoms. The Morgan fingerprint density at radius 2 is 1.93 bits per heavy atom. The molecule has 0 aliphatic carbocycles. The van der Waals surface area contributed by atoms with E-state index in [4.69, 9.17) is 4.74 Å². The van der Waals surface area contributed by atoms with E-state index in [0.717, 1.165) is 11.3 Å². The summed E-state index contributed by atoms with van der Waals surface area (Å²) in [6, 6.07) is 11.8. The standard InChI is InChI=1S/C22H26N2O5S/c1-4-29-21-8-6-5-7-19(21)23-22(26)13-15(2)30(27,28)18-9-10-20-17(14-18)11-12-24(20)16(3)25/h5-10,14-15H,4,11-13H2,1-3H3,(H,23,26). The van der Waals surface area contributed by atoms with Crippen molar-refractivity contribution in [2.24, 2.45) is 0 Å². The topological polar surface area (TPSA) is 92.8 Å². The summed E-state index contributed by atoms with van der Waals surface area (Å²) in [5.74, 6) is 0.0707. The second-order valence-corrected chi connectivity index (χ2v) is 9.61. The minimum Gasteiger partial charge on any atom is -0.492 e. The second kappa shape index (κ2) is 8.87. The first kappa shape index (κ1) is 21.8. The van der Waals surface area contributed by atoms with Crippen molar-refractivity contribution in [1.29, 1.82) is 0 Å². The highest BCUT2D eigenvalue weighted by molar-refractivity contribution is 7.92. The smallest absolute Gasteiger partial charge is 0.225 e. The number of rotatable bonds is 7. The van der Waals surface area contributed by atoms with Crippen molar-refractivity contribution < 1.29 is 22.7 Å². The number of para-hydroxylation sites is 2. The van der Waals surface area contributed by atoms with Crippen LogP contribution in [0.4, 0.5) is 11.4 Å². The van der Waals surface area contributed by atoms with Gasteiger partial charge in [0.2, 0.25) is 11.8 Å². The summed E-state index contributed by atoms with van der Waals surface area (Å²) in [6.07, 6.45) is 0.431. The van der Waals surface area contributed by atoms with E-state index in [2.05, 4.69) is 5.32 Å². The first-order valence-corrected chi connectivity index (χ1v) is 11.4. The Morgan fingerprint density at radius 3 is 2.63 bits per heavy atom. The van der Waals surface area contributed by atoms with E-state index in [-0.39, 0.29) is 17.2 Å². The van der Waals surface area contributed by atoms with Crippen LogP contribution in [0, 0.1) is 0 Å². The highest BCUT2D eigenvalue weighted by atomic mass is 32.2. The number of anilines is 2. The third kappa shape index (κ3) is 4.48. The van der Waals surface area contributed by atoms with Gasteiger partial charge in [-0.2, -0.15) is 0 Å². The van der Waals surface area contributed by atoms with Crippen LogP contribution in [0.1, 0.15) is 32.8 Å². The average Bonchev–Trinajstić information content (AvgIpc) is 3.13. The Bertz CT molecular complexity index is 1060. The van der Waals surface area contributed by atoms with E-state index >= 15 is 0 Å². The Hall–Kier alpha value is -2.87. The zero-order chi connectivity index (χ0) is 21.9. The summed E-state index contributed by atoms with van der Waals surface area (Å²) in [7, 11) is -3.70. The monoisotopic (exact) mass is 430 g/mol. The van der Waals surface area contributed by atoms with Crippen LogP contribution in [0.25, 0.3) is 0 Å². The number of carbonyl (C=O) groups is 2. The van der Waals surface area contributed by atoms with Crippen molar-refractivity contribution in [1.82, 2.24) is 0 Å². The van der Waals surface area contributed by atoms with E-state index < -0.39 is 21.0 Å². The lowest BCUT2D eigenvalue weighted by molar-refractivity contribution is -0.117. The number of amides is 2. The molecule has 2 amide bonds. The van der Waals surface area contributed by atoms with Gasteiger partial charge < -0.3 is 15.0 Å².